The van der Waals surface area contributed by atoms with Crippen LogP contribution in [0.25, 0.3) is 10.8 Å². The molecule has 0 aliphatic heterocycles. The van der Waals surface area contributed by atoms with Crippen LogP contribution in [0.4, 0.5) is 0 Å². The van der Waals surface area contributed by atoms with E-state index in [0.717, 1.165) is 22.3 Å². The zero-order valence-corrected chi connectivity index (χ0v) is 24.0. The average Bonchev–Trinajstić information content (AvgIpc) is 2.82. The normalized spacial score (nSPS) is 12.3. The van der Waals surface area contributed by atoms with E-state index < -0.39 is 20.2 Å². The third kappa shape index (κ3) is 5.56. The summed E-state index contributed by atoms with van der Waals surface area (Å²) in [5, 5.41) is 0.452. The molecule has 6 nitrogen and oxygen atoms in total. The van der Waals surface area contributed by atoms with Crippen molar-refractivity contribution in [3.05, 3.63) is 95.1 Å². The molecule has 0 spiro atoms. The second-order valence-electron chi connectivity index (χ2n) is 10.1. The standard InChI is InChI=1S/C30H32O6S2/c1-19(2)23-15-13-21(5)17-27(23)35-37(31,32)29-11-7-10-26-25(29)9-8-12-30(26)38(33,34)36-28-18-22(6)14-16-24(28)20(3)4/h7-20H,1-6H3. The number of benzene rings is 4. The molecule has 4 rings (SSSR count). The Balaban J connectivity index is 1.81. The Labute approximate surface area is 225 Å². The molecule has 0 aliphatic carbocycles. The monoisotopic (exact) mass is 552 g/mol. The lowest BCUT2D eigenvalue weighted by atomic mass is 10.0. The van der Waals surface area contributed by atoms with Gasteiger partial charge in [-0.2, -0.15) is 16.8 Å². The lowest BCUT2D eigenvalue weighted by Crippen LogP contribution is -2.14. The highest BCUT2D eigenvalue weighted by atomic mass is 32.2. The van der Waals surface area contributed by atoms with Crippen molar-refractivity contribution in [2.45, 2.75) is 63.2 Å². The summed E-state index contributed by atoms with van der Waals surface area (Å²) in [6.45, 7) is 11.5. The van der Waals surface area contributed by atoms with Gasteiger partial charge >= 0.3 is 20.2 Å². The van der Waals surface area contributed by atoms with Crippen molar-refractivity contribution in [3.8, 4) is 11.5 Å². The molecular formula is C30H32O6S2. The second kappa shape index (κ2) is 10.4. The largest absolute Gasteiger partial charge is 0.379 e. The van der Waals surface area contributed by atoms with E-state index >= 15 is 0 Å². The summed E-state index contributed by atoms with van der Waals surface area (Å²) in [4.78, 5) is -0.247. The van der Waals surface area contributed by atoms with Crippen LogP contribution in [0.3, 0.4) is 0 Å². The number of rotatable bonds is 8. The molecule has 0 bridgehead atoms. The third-order valence-corrected chi connectivity index (χ3v) is 8.95. The minimum atomic E-state index is -4.29. The summed E-state index contributed by atoms with van der Waals surface area (Å²) >= 11 is 0. The quantitative estimate of drug-likeness (QED) is 0.214. The van der Waals surface area contributed by atoms with Crippen LogP contribution in [0.15, 0.2) is 82.6 Å². The molecule has 0 fully saturated rings. The van der Waals surface area contributed by atoms with Gasteiger partial charge < -0.3 is 8.37 Å². The van der Waals surface area contributed by atoms with Crippen molar-refractivity contribution < 1.29 is 25.2 Å². The lowest BCUT2D eigenvalue weighted by molar-refractivity contribution is 0.479. The summed E-state index contributed by atoms with van der Waals surface area (Å²) < 4.78 is 65.3. The molecule has 0 atom stereocenters. The smallest absolute Gasteiger partial charge is 0.339 e. The first kappa shape index (κ1) is 27.7. The Hall–Kier alpha value is -3.36. The van der Waals surface area contributed by atoms with E-state index in [1.807, 2.05) is 65.8 Å². The van der Waals surface area contributed by atoms with Gasteiger partial charge in [0.25, 0.3) is 0 Å². The Bertz CT molecular complexity index is 1590. The van der Waals surface area contributed by atoms with Gasteiger partial charge in [0.05, 0.1) is 0 Å². The fourth-order valence-corrected chi connectivity index (χ4v) is 6.72. The summed E-state index contributed by atoms with van der Waals surface area (Å²) in [5.74, 6) is 0.591. The highest BCUT2D eigenvalue weighted by Crippen LogP contribution is 2.35. The first-order valence-corrected chi connectivity index (χ1v) is 15.2. The Morgan fingerprint density at radius 2 is 0.921 bits per heavy atom. The summed E-state index contributed by atoms with van der Waals surface area (Å²) in [5.41, 5.74) is 3.24. The number of hydrogen-bond donors (Lipinski definition) is 0. The van der Waals surface area contributed by atoms with E-state index in [9.17, 15) is 16.8 Å². The Kier molecular flexibility index (Phi) is 7.59. The van der Waals surface area contributed by atoms with Gasteiger partial charge in [0.15, 0.2) is 0 Å². The highest BCUT2D eigenvalue weighted by molar-refractivity contribution is 7.87. The average molecular weight is 553 g/mol. The number of hydrogen-bond acceptors (Lipinski definition) is 6. The van der Waals surface area contributed by atoms with Crippen LogP contribution in [0.2, 0.25) is 0 Å². The van der Waals surface area contributed by atoms with Crippen LogP contribution < -0.4 is 8.37 Å². The van der Waals surface area contributed by atoms with E-state index in [-0.39, 0.29) is 43.9 Å². The zero-order chi connectivity index (χ0) is 27.8. The number of aryl methyl sites for hydroxylation is 2. The van der Waals surface area contributed by atoms with Crippen molar-refractivity contribution in [2.24, 2.45) is 0 Å². The molecule has 0 aliphatic rings. The molecule has 200 valence electrons. The van der Waals surface area contributed by atoms with Gasteiger partial charge in [-0.1, -0.05) is 76.2 Å². The minimum Gasteiger partial charge on any atom is -0.379 e. The van der Waals surface area contributed by atoms with Crippen molar-refractivity contribution in [3.63, 3.8) is 0 Å². The maximum absolute atomic E-state index is 13.5. The topological polar surface area (TPSA) is 86.7 Å². The molecule has 0 radical (unpaired) electrons. The van der Waals surface area contributed by atoms with Crippen LogP contribution >= 0.6 is 0 Å². The molecule has 0 amide bonds. The zero-order valence-electron chi connectivity index (χ0n) is 22.3. The van der Waals surface area contributed by atoms with Crippen LogP contribution in [0.1, 0.15) is 61.8 Å². The molecule has 0 aromatic heterocycles. The molecule has 0 saturated heterocycles. The molecule has 0 saturated carbocycles. The minimum absolute atomic E-state index is 0.0413. The predicted octanol–water partition coefficient (Wildman–Crippen LogP) is 7.24. The molecule has 4 aromatic rings. The Morgan fingerprint density at radius 1 is 0.553 bits per heavy atom. The molecule has 38 heavy (non-hydrogen) atoms. The first-order chi connectivity index (χ1) is 17.8. The molecule has 0 heterocycles. The summed E-state index contributed by atoms with van der Waals surface area (Å²) in [6, 6.07) is 19.9. The van der Waals surface area contributed by atoms with Crippen molar-refractivity contribution in [2.75, 3.05) is 0 Å². The van der Waals surface area contributed by atoms with E-state index in [0.29, 0.717) is 0 Å². The van der Waals surface area contributed by atoms with E-state index in [1.165, 1.54) is 24.3 Å². The molecule has 4 aromatic carbocycles. The van der Waals surface area contributed by atoms with Crippen LogP contribution in [-0.2, 0) is 20.2 Å². The Morgan fingerprint density at radius 3 is 1.26 bits per heavy atom. The van der Waals surface area contributed by atoms with Gasteiger partial charge in [0.1, 0.15) is 21.3 Å². The van der Waals surface area contributed by atoms with E-state index in [4.69, 9.17) is 8.37 Å². The molecule has 0 unspecified atom stereocenters. The van der Waals surface area contributed by atoms with Crippen molar-refractivity contribution >= 4 is 31.0 Å². The highest BCUT2D eigenvalue weighted by Gasteiger charge is 2.27. The van der Waals surface area contributed by atoms with Crippen LogP contribution in [0.5, 0.6) is 11.5 Å². The van der Waals surface area contributed by atoms with Gasteiger partial charge in [-0.25, -0.2) is 0 Å². The van der Waals surface area contributed by atoms with Crippen molar-refractivity contribution in [1.82, 2.24) is 0 Å². The van der Waals surface area contributed by atoms with Crippen molar-refractivity contribution in [1.29, 1.82) is 0 Å². The van der Waals surface area contributed by atoms with Gasteiger partial charge in [-0.05, 0) is 72.2 Å². The van der Waals surface area contributed by atoms with Gasteiger partial charge in [0, 0.05) is 10.8 Å². The van der Waals surface area contributed by atoms with Crippen LogP contribution in [0, 0.1) is 13.8 Å². The van der Waals surface area contributed by atoms with E-state index in [1.54, 1.807) is 24.3 Å². The fraction of sp³-hybridized carbons (Fsp3) is 0.267. The molecule has 0 N–H and O–H groups in total. The van der Waals surface area contributed by atoms with E-state index in [2.05, 4.69) is 0 Å². The van der Waals surface area contributed by atoms with Gasteiger partial charge in [0.2, 0.25) is 0 Å². The SMILES string of the molecule is Cc1ccc(C(C)C)c(OS(=O)(=O)c2cccc3c(S(=O)(=O)Oc4cc(C)ccc4C(C)C)cccc23)c1. The maximum atomic E-state index is 13.5. The molecule has 8 heteroatoms. The maximum Gasteiger partial charge on any atom is 0.339 e. The van der Waals surface area contributed by atoms with Gasteiger partial charge in [-0.3, -0.25) is 0 Å². The fourth-order valence-electron chi connectivity index (χ4n) is 4.40. The predicted molar refractivity (Wildman–Crippen MR) is 150 cm³/mol. The second-order valence-corrected chi connectivity index (χ2v) is 13.1. The summed E-state index contributed by atoms with van der Waals surface area (Å²) in [7, 11) is -8.59. The van der Waals surface area contributed by atoms with Crippen LogP contribution in [-0.4, -0.2) is 16.8 Å². The number of fused-ring (bicyclic) bond motifs is 1. The van der Waals surface area contributed by atoms with Gasteiger partial charge in [-0.15, -0.1) is 0 Å². The third-order valence-electron chi connectivity index (χ3n) is 6.36. The molecular weight excluding hydrogens is 520 g/mol. The summed E-state index contributed by atoms with van der Waals surface area (Å²) in [6.07, 6.45) is 0. The first-order valence-electron chi connectivity index (χ1n) is 12.4. The lowest BCUT2D eigenvalue weighted by Gasteiger charge is -2.17.